The highest BCUT2D eigenvalue weighted by molar-refractivity contribution is 6.43. The van der Waals surface area contributed by atoms with Gasteiger partial charge in [0.2, 0.25) is 0 Å². The third-order valence-corrected chi connectivity index (χ3v) is 5.26. The topological polar surface area (TPSA) is 113 Å². The zero-order valence-electron chi connectivity index (χ0n) is 18.5. The van der Waals surface area contributed by atoms with Crippen LogP contribution >= 0.6 is 0 Å². The molecule has 0 atom stereocenters. The summed E-state index contributed by atoms with van der Waals surface area (Å²) in [6.07, 6.45) is 4.52. The second kappa shape index (κ2) is 12.7. The van der Waals surface area contributed by atoms with Crippen molar-refractivity contribution in [2.45, 2.75) is 46.1 Å². The Kier molecular flexibility index (Phi) is 10.7. The van der Waals surface area contributed by atoms with E-state index in [1.807, 2.05) is 31.2 Å². The SMILES string of the molecule is CN=C(C(=O)OC)c1ccccc1CO/N=C(C)/C(=N/OC)C1CCC(C)CC1.O. The van der Waals surface area contributed by atoms with Crippen molar-refractivity contribution < 1.29 is 24.7 Å². The largest absolute Gasteiger partial charge is 0.464 e. The van der Waals surface area contributed by atoms with Gasteiger partial charge >= 0.3 is 5.97 Å². The Balaban J connectivity index is 0.00000450. The van der Waals surface area contributed by atoms with Crippen molar-refractivity contribution in [2.75, 3.05) is 21.3 Å². The van der Waals surface area contributed by atoms with Crippen LogP contribution in [0.5, 0.6) is 0 Å². The van der Waals surface area contributed by atoms with Crippen LogP contribution in [0.2, 0.25) is 0 Å². The van der Waals surface area contributed by atoms with Crippen LogP contribution in [0.4, 0.5) is 0 Å². The van der Waals surface area contributed by atoms with Crippen LogP contribution in [0.25, 0.3) is 0 Å². The summed E-state index contributed by atoms with van der Waals surface area (Å²) >= 11 is 0. The third kappa shape index (κ3) is 6.66. The standard InChI is InChI=1S/C22H31N3O4.H2O/c1-15-10-12-17(13-11-15)20(25-28-5)16(2)24-29-14-18-8-6-7-9-19(18)21(23-3)22(26)27-4;/h6-9,15,17H,10-14H2,1-5H3;1H2/b23-21?,24-16+,25-20-;. The number of oxime groups is 2. The lowest BCUT2D eigenvalue weighted by Crippen LogP contribution is -2.26. The maximum absolute atomic E-state index is 12.0. The van der Waals surface area contributed by atoms with Gasteiger partial charge in [0, 0.05) is 24.1 Å². The molecule has 0 aromatic heterocycles. The molecule has 166 valence electrons. The molecule has 0 heterocycles. The summed E-state index contributed by atoms with van der Waals surface area (Å²) < 4.78 is 4.82. The molecule has 0 spiro atoms. The minimum Gasteiger partial charge on any atom is -0.464 e. The molecular weight excluding hydrogens is 386 g/mol. The number of rotatable bonds is 8. The fraction of sp³-hybridized carbons (Fsp3) is 0.545. The molecule has 1 aromatic rings. The number of benzene rings is 1. The lowest BCUT2D eigenvalue weighted by molar-refractivity contribution is -0.132. The summed E-state index contributed by atoms with van der Waals surface area (Å²) in [6.45, 7) is 4.37. The molecule has 0 saturated heterocycles. The fourth-order valence-electron chi connectivity index (χ4n) is 3.61. The molecule has 0 unspecified atom stereocenters. The van der Waals surface area contributed by atoms with Crippen molar-refractivity contribution in [3.8, 4) is 0 Å². The first kappa shape index (κ1) is 25.3. The van der Waals surface area contributed by atoms with Gasteiger partial charge in [-0.1, -0.05) is 54.3 Å². The molecule has 8 nitrogen and oxygen atoms in total. The Morgan fingerprint density at radius 1 is 1.10 bits per heavy atom. The highest BCUT2D eigenvalue weighted by atomic mass is 16.6. The number of hydrogen-bond acceptors (Lipinski definition) is 7. The van der Waals surface area contributed by atoms with Gasteiger partial charge in [-0.15, -0.1) is 0 Å². The normalized spacial score (nSPS) is 20.2. The number of carbonyl (C=O) groups is 1. The van der Waals surface area contributed by atoms with E-state index in [1.54, 1.807) is 14.2 Å². The van der Waals surface area contributed by atoms with Crippen LogP contribution in [0.1, 0.15) is 50.7 Å². The number of methoxy groups -OCH3 is 1. The van der Waals surface area contributed by atoms with Crippen LogP contribution < -0.4 is 0 Å². The average molecular weight is 420 g/mol. The van der Waals surface area contributed by atoms with E-state index in [9.17, 15) is 4.79 Å². The van der Waals surface area contributed by atoms with Crippen molar-refractivity contribution in [3.63, 3.8) is 0 Å². The van der Waals surface area contributed by atoms with E-state index in [-0.39, 0.29) is 17.8 Å². The third-order valence-electron chi connectivity index (χ3n) is 5.26. The maximum atomic E-state index is 12.0. The van der Waals surface area contributed by atoms with Gasteiger partial charge in [-0.2, -0.15) is 0 Å². The van der Waals surface area contributed by atoms with Crippen LogP contribution in [-0.2, 0) is 25.8 Å². The van der Waals surface area contributed by atoms with E-state index in [4.69, 9.17) is 14.4 Å². The zero-order valence-corrected chi connectivity index (χ0v) is 18.5. The monoisotopic (exact) mass is 419 g/mol. The summed E-state index contributed by atoms with van der Waals surface area (Å²) in [6, 6.07) is 7.41. The Hall–Kier alpha value is -2.74. The van der Waals surface area contributed by atoms with Gasteiger partial charge in [-0.05, 0) is 25.7 Å². The Morgan fingerprint density at radius 3 is 2.37 bits per heavy atom. The van der Waals surface area contributed by atoms with Gasteiger partial charge < -0.3 is 19.9 Å². The Bertz CT molecular complexity index is 781. The van der Waals surface area contributed by atoms with Gasteiger partial charge in [0.05, 0.1) is 7.11 Å². The molecular formula is C22H33N3O5. The van der Waals surface area contributed by atoms with Crippen molar-refractivity contribution in [3.05, 3.63) is 35.4 Å². The predicted octanol–water partition coefficient (Wildman–Crippen LogP) is 3.18. The number of esters is 1. The molecule has 0 radical (unpaired) electrons. The van der Waals surface area contributed by atoms with Crippen LogP contribution in [0.3, 0.4) is 0 Å². The first-order chi connectivity index (χ1) is 14.0. The maximum Gasteiger partial charge on any atom is 0.356 e. The summed E-state index contributed by atoms with van der Waals surface area (Å²) in [5, 5.41) is 8.49. The number of ether oxygens (including phenoxy) is 1. The van der Waals surface area contributed by atoms with Gasteiger partial charge in [0.25, 0.3) is 0 Å². The molecule has 1 saturated carbocycles. The fourth-order valence-corrected chi connectivity index (χ4v) is 3.61. The number of nitrogens with zero attached hydrogens (tertiary/aromatic N) is 3. The molecule has 0 aliphatic heterocycles. The first-order valence-corrected chi connectivity index (χ1v) is 9.93. The minimum absolute atomic E-state index is 0. The summed E-state index contributed by atoms with van der Waals surface area (Å²) in [5.41, 5.74) is 3.28. The molecule has 8 heteroatoms. The van der Waals surface area contributed by atoms with Gasteiger partial charge in [0.1, 0.15) is 25.1 Å². The molecule has 0 bridgehead atoms. The van der Waals surface area contributed by atoms with Gasteiger partial charge in [-0.25, -0.2) is 4.79 Å². The Morgan fingerprint density at radius 2 is 1.77 bits per heavy atom. The summed E-state index contributed by atoms with van der Waals surface area (Å²) in [7, 11) is 4.45. The van der Waals surface area contributed by atoms with E-state index in [0.29, 0.717) is 17.2 Å². The molecule has 2 N–H and O–H groups in total. The second-order valence-electron chi connectivity index (χ2n) is 7.29. The molecule has 1 aliphatic rings. The number of carbonyl (C=O) groups excluding carboxylic acids is 1. The van der Waals surface area contributed by atoms with Gasteiger partial charge in [-0.3, -0.25) is 4.99 Å². The van der Waals surface area contributed by atoms with Gasteiger partial charge in [0.15, 0.2) is 5.71 Å². The van der Waals surface area contributed by atoms with Crippen LogP contribution in [-0.4, -0.2) is 49.8 Å². The first-order valence-electron chi connectivity index (χ1n) is 9.93. The molecule has 1 fully saturated rings. The summed E-state index contributed by atoms with van der Waals surface area (Å²) in [5.74, 6) is 0.605. The molecule has 2 rings (SSSR count). The van der Waals surface area contributed by atoms with Crippen molar-refractivity contribution in [2.24, 2.45) is 27.1 Å². The minimum atomic E-state index is -0.485. The van der Waals surface area contributed by atoms with E-state index in [1.165, 1.54) is 20.0 Å². The summed E-state index contributed by atoms with van der Waals surface area (Å²) in [4.78, 5) is 26.7. The highest BCUT2D eigenvalue weighted by Gasteiger charge is 2.25. The van der Waals surface area contributed by atoms with E-state index in [2.05, 4.69) is 22.2 Å². The van der Waals surface area contributed by atoms with Crippen LogP contribution in [0, 0.1) is 11.8 Å². The number of hydrogen-bond donors (Lipinski definition) is 0. The average Bonchev–Trinajstić information content (AvgIpc) is 2.74. The van der Waals surface area contributed by atoms with E-state index in [0.717, 1.165) is 30.0 Å². The molecule has 1 aromatic carbocycles. The Labute approximate surface area is 178 Å². The predicted molar refractivity (Wildman–Crippen MR) is 118 cm³/mol. The zero-order chi connectivity index (χ0) is 21.2. The highest BCUT2D eigenvalue weighted by Crippen LogP contribution is 2.29. The number of aliphatic imine (C=N–C) groups is 1. The quantitative estimate of drug-likeness (QED) is 0.366. The van der Waals surface area contributed by atoms with Crippen molar-refractivity contribution in [1.82, 2.24) is 0 Å². The second-order valence-corrected chi connectivity index (χ2v) is 7.29. The van der Waals surface area contributed by atoms with Crippen LogP contribution in [0.15, 0.2) is 39.6 Å². The molecule has 1 aliphatic carbocycles. The molecule has 0 amide bonds. The van der Waals surface area contributed by atoms with E-state index < -0.39 is 5.97 Å². The van der Waals surface area contributed by atoms with Crippen molar-refractivity contribution >= 4 is 23.1 Å². The lowest BCUT2D eigenvalue weighted by atomic mass is 9.79. The molecule has 30 heavy (non-hydrogen) atoms. The smallest absolute Gasteiger partial charge is 0.356 e. The van der Waals surface area contributed by atoms with E-state index >= 15 is 0 Å². The van der Waals surface area contributed by atoms with Crippen molar-refractivity contribution in [1.29, 1.82) is 0 Å². The lowest BCUT2D eigenvalue weighted by Gasteiger charge is -2.26.